The number of hydrogen-bond acceptors (Lipinski definition) is 6. The molecule has 1 N–H and O–H groups in total. The predicted molar refractivity (Wildman–Crippen MR) is 132 cm³/mol. The van der Waals surface area contributed by atoms with Crippen LogP contribution in [0, 0.1) is 13.8 Å². The van der Waals surface area contributed by atoms with Crippen LogP contribution in [0.4, 0.5) is 0 Å². The van der Waals surface area contributed by atoms with E-state index < -0.39 is 0 Å². The number of nitrogens with zero attached hydrogens (tertiary/aromatic N) is 2. The summed E-state index contributed by atoms with van der Waals surface area (Å²) in [4.78, 5) is 30.8. The van der Waals surface area contributed by atoms with Gasteiger partial charge in [0.05, 0.1) is 22.3 Å². The van der Waals surface area contributed by atoms with Crippen molar-refractivity contribution in [3.05, 3.63) is 87.7 Å². The van der Waals surface area contributed by atoms with E-state index in [1.165, 1.54) is 11.8 Å². The summed E-state index contributed by atoms with van der Waals surface area (Å²) in [6.45, 7) is 4.57. The fourth-order valence-corrected chi connectivity index (χ4v) is 4.67. The van der Waals surface area contributed by atoms with Crippen molar-refractivity contribution in [1.82, 2.24) is 14.9 Å². The van der Waals surface area contributed by atoms with Gasteiger partial charge in [-0.2, -0.15) is 0 Å². The zero-order chi connectivity index (χ0) is 23.7. The third-order valence-electron chi connectivity index (χ3n) is 5.82. The zero-order valence-electron chi connectivity index (χ0n) is 18.8. The fraction of sp³-hybridized carbons (Fsp3) is 0.192. The molecule has 1 aliphatic heterocycles. The molecule has 0 fully saturated rings. The molecule has 5 rings (SSSR count). The molecule has 172 valence electrons. The average molecular weight is 474 g/mol. The number of carbonyl (C=O) groups excluding carboxylic acids is 1. The number of carbonyl (C=O) groups is 1. The van der Waals surface area contributed by atoms with Gasteiger partial charge in [-0.25, -0.2) is 4.98 Å². The Morgan fingerprint density at radius 1 is 1.06 bits per heavy atom. The summed E-state index contributed by atoms with van der Waals surface area (Å²) in [5.41, 5.74) is 4.22. The number of para-hydroxylation sites is 1. The zero-order valence-corrected chi connectivity index (χ0v) is 19.6. The number of amides is 1. The number of hydrogen-bond donors (Lipinski definition) is 1. The minimum absolute atomic E-state index is 0.125. The molecule has 0 unspecified atom stereocenters. The summed E-state index contributed by atoms with van der Waals surface area (Å²) in [5, 5.41) is 3.94. The lowest BCUT2D eigenvalue weighted by Gasteiger charge is -2.16. The van der Waals surface area contributed by atoms with E-state index >= 15 is 0 Å². The van der Waals surface area contributed by atoms with E-state index in [0.717, 1.165) is 22.4 Å². The van der Waals surface area contributed by atoms with Crippen LogP contribution in [0.3, 0.4) is 0 Å². The Kier molecular flexibility index (Phi) is 5.98. The number of benzene rings is 3. The van der Waals surface area contributed by atoms with Crippen molar-refractivity contribution < 1.29 is 14.3 Å². The Balaban J connectivity index is 1.39. The highest BCUT2D eigenvalue weighted by atomic mass is 32.2. The van der Waals surface area contributed by atoms with Gasteiger partial charge in [-0.1, -0.05) is 42.1 Å². The molecule has 0 atom stereocenters. The quantitative estimate of drug-likeness (QED) is 0.335. The van der Waals surface area contributed by atoms with Crippen LogP contribution in [-0.2, 0) is 11.3 Å². The summed E-state index contributed by atoms with van der Waals surface area (Å²) in [5.74, 6) is 1.36. The molecule has 1 aliphatic rings. The van der Waals surface area contributed by atoms with Crippen molar-refractivity contribution in [2.45, 2.75) is 25.5 Å². The summed E-state index contributed by atoms with van der Waals surface area (Å²) in [7, 11) is 0. The lowest BCUT2D eigenvalue weighted by Crippen LogP contribution is -2.26. The number of fused-ring (bicyclic) bond motifs is 2. The number of nitrogens with one attached hydrogen (secondary N) is 1. The Bertz CT molecular complexity index is 1460. The SMILES string of the molecule is Cc1cccc(-n2c(SCC(=O)NCc3ccc4c(c3)OCO4)nc3ccccc3c2=O)c1C. The predicted octanol–water partition coefficient (Wildman–Crippen LogP) is 4.14. The number of rotatable bonds is 6. The third-order valence-corrected chi connectivity index (χ3v) is 6.76. The molecule has 3 aromatic carbocycles. The Hall–Kier alpha value is -3.78. The first-order chi connectivity index (χ1) is 16.5. The maximum Gasteiger partial charge on any atom is 0.266 e. The van der Waals surface area contributed by atoms with Gasteiger partial charge in [0.25, 0.3) is 5.56 Å². The molecule has 34 heavy (non-hydrogen) atoms. The molecule has 0 aliphatic carbocycles. The Labute approximate surface area is 200 Å². The van der Waals surface area contributed by atoms with E-state index in [4.69, 9.17) is 14.5 Å². The molecule has 0 spiro atoms. The molecule has 1 amide bonds. The van der Waals surface area contributed by atoms with Gasteiger partial charge in [0, 0.05) is 6.54 Å². The Morgan fingerprint density at radius 2 is 1.88 bits per heavy atom. The van der Waals surface area contributed by atoms with Crippen molar-refractivity contribution in [1.29, 1.82) is 0 Å². The standard InChI is InChI=1S/C26H23N3O4S/c1-16-6-5-9-21(17(16)2)29-25(31)19-7-3-4-8-20(19)28-26(29)34-14-24(30)27-13-18-10-11-22-23(12-18)33-15-32-22/h3-12H,13-15H2,1-2H3,(H,27,30). The van der Waals surface area contributed by atoms with E-state index in [1.807, 2.05) is 68.4 Å². The van der Waals surface area contributed by atoms with Crippen molar-refractivity contribution in [3.8, 4) is 17.2 Å². The maximum atomic E-state index is 13.4. The third kappa shape index (κ3) is 4.24. The lowest BCUT2D eigenvalue weighted by atomic mass is 10.1. The Morgan fingerprint density at radius 3 is 2.76 bits per heavy atom. The van der Waals surface area contributed by atoms with E-state index in [2.05, 4.69) is 5.32 Å². The second-order valence-corrected chi connectivity index (χ2v) is 8.97. The van der Waals surface area contributed by atoms with Gasteiger partial charge in [-0.15, -0.1) is 0 Å². The molecule has 4 aromatic rings. The highest BCUT2D eigenvalue weighted by Crippen LogP contribution is 2.32. The smallest absolute Gasteiger partial charge is 0.266 e. The average Bonchev–Trinajstić information content (AvgIpc) is 3.32. The van der Waals surface area contributed by atoms with Gasteiger partial charge in [-0.3, -0.25) is 14.2 Å². The summed E-state index contributed by atoms with van der Waals surface area (Å²) in [6.07, 6.45) is 0. The highest BCUT2D eigenvalue weighted by molar-refractivity contribution is 7.99. The molecule has 2 heterocycles. The van der Waals surface area contributed by atoms with Crippen molar-refractivity contribution >= 4 is 28.6 Å². The molecule has 1 aromatic heterocycles. The number of aryl methyl sites for hydroxylation is 1. The van der Waals surface area contributed by atoms with Gasteiger partial charge < -0.3 is 14.8 Å². The molecule has 8 heteroatoms. The maximum absolute atomic E-state index is 13.4. The van der Waals surface area contributed by atoms with Gasteiger partial charge >= 0.3 is 0 Å². The van der Waals surface area contributed by atoms with E-state index in [-0.39, 0.29) is 24.0 Å². The lowest BCUT2D eigenvalue weighted by molar-refractivity contribution is -0.118. The van der Waals surface area contributed by atoms with Crippen molar-refractivity contribution in [3.63, 3.8) is 0 Å². The molecular weight excluding hydrogens is 450 g/mol. The van der Waals surface area contributed by atoms with Gasteiger partial charge in [0.2, 0.25) is 12.7 Å². The topological polar surface area (TPSA) is 82.5 Å². The normalized spacial score (nSPS) is 12.2. The first-order valence-electron chi connectivity index (χ1n) is 10.9. The first kappa shape index (κ1) is 22.0. The molecule has 0 radical (unpaired) electrons. The largest absolute Gasteiger partial charge is 0.454 e. The van der Waals surface area contributed by atoms with E-state index in [9.17, 15) is 9.59 Å². The van der Waals surface area contributed by atoms with Gasteiger partial charge in [0.15, 0.2) is 16.7 Å². The van der Waals surface area contributed by atoms with Crippen LogP contribution < -0.4 is 20.3 Å². The monoisotopic (exact) mass is 473 g/mol. The van der Waals surface area contributed by atoms with Crippen LogP contribution in [0.25, 0.3) is 16.6 Å². The molecule has 0 bridgehead atoms. The van der Waals surface area contributed by atoms with Gasteiger partial charge in [-0.05, 0) is 60.9 Å². The van der Waals surface area contributed by atoms with Crippen LogP contribution in [-0.4, -0.2) is 28.0 Å². The van der Waals surface area contributed by atoms with Gasteiger partial charge in [0.1, 0.15) is 0 Å². The van der Waals surface area contributed by atoms with Crippen molar-refractivity contribution in [2.75, 3.05) is 12.5 Å². The first-order valence-corrected chi connectivity index (χ1v) is 11.9. The number of aromatic nitrogens is 2. The molecule has 0 saturated heterocycles. The van der Waals surface area contributed by atoms with Crippen LogP contribution in [0.1, 0.15) is 16.7 Å². The van der Waals surface area contributed by atoms with E-state index in [1.54, 1.807) is 10.6 Å². The second-order valence-electron chi connectivity index (χ2n) is 8.02. The second kappa shape index (κ2) is 9.23. The molecular formula is C26H23N3O4S. The minimum atomic E-state index is -0.155. The van der Waals surface area contributed by atoms with Crippen LogP contribution in [0.15, 0.2) is 70.6 Å². The summed E-state index contributed by atoms with van der Waals surface area (Å²) >= 11 is 1.24. The molecule has 0 saturated carbocycles. The molecule has 7 nitrogen and oxygen atoms in total. The summed E-state index contributed by atoms with van der Waals surface area (Å²) in [6, 6.07) is 18.7. The van der Waals surface area contributed by atoms with Crippen molar-refractivity contribution in [2.24, 2.45) is 0 Å². The summed E-state index contributed by atoms with van der Waals surface area (Å²) < 4.78 is 12.3. The fourth-order valence-electron chi connectivity index (χ4n) is 3.83. The minimum Gasteiger partial charge on any atom is -0.454 e. The van der Waals surface area contributed by atoms with Crippen LogP contribution in [0.2, 0.25) is 0 Å². The van der Waals surface area contributed by atoms with E-state index in [0.29, 0.717) is 34.1 Å². The number of thioether (sulfide) groups is 1. The number of ether oxygens (including phenoxy) is 2. The van der Waals surface area contributed by atoms with Crippen LogP contribution in [0.5, 0.6) is 11.5 Å². The highest BCUT2D eigenvalue weighted by Gasteiger charge is 2.17. The van der Waals surface area contributed by atoms with Crippen LogP contribution >= 0.6 is 11.8 Å².